The number of rotatable bonds is 6. The Bertz CT molecular complexity index is 540. The van der Waals surface area contributed by atoms with E-state index in [0.29, 0.717) is 0 Å². The Kier molecular flexibility index (Phi) is 4.83. The fourth-order valence-electron chi connectivity index (χ4n) is 1.87. The topological polar surface area (TPSA) is 47.3 Å². The first-order valence-electron chi connectivity index (χ1n) is 6.81. The van der Waals surface area contributed by atoms with Gasteiger partial charge in [0.25, 0.3) is 0 Å². The zero-order valence-electron chi connectivity index (χ0n) is 12.5. The lowest BCUT2D eigenvalue weighted by Crippen LogP contribution is -2.36. The molecule has 0 bridgehead atoms. The fourth-order valence-corrected chi connectivity index (χ4v) is 2.68. The Balaban J connectivity index is 1.90. The number of methoxy groups -OCH3 is 1. The standard InChI is InChI=1S/C15H22N2O2S/c1-15(2,3)17-8-5-6-13-16-10-12(19-13)14-11(18-4)7-9-20-14/h7,9-10,17H,5-6,8H2,1-4H3. The molecule has 0 fully saturated rings. The van der Waals surface area contributed by atoms with Crippen LogP contribution in [0.3, 0.4) is 0 Å². The highest BCUT2D eigenvalue weighted by Crippen LogP contribution is 2.35. The average Bonchev–Trinajstić information content (AvgIpc) is 3.01. The molecule has 0 aliphatic heterocycles. The average molecular weight is 294 g/mol. The molecule has 1 N–H and O–H groups in total. The molecule has 2 aromatic heterocycles. The first kappa shape index (κ1) is 15.1. The van der Waals surface area contributed by atoms with Crippen molar-refractivity contribution in [2.45, 2.75) is 39.2 Å². The van der Waals surface area contributed by atoms with E-state index in [-0.39, 0.29) is 5.54 Å². The Labute approximate surface area is 124 Å². The fraction of sp³-hybridized carbons (Fsp3) is 0.533. The number of ether oxygens (including phenoxy) is 1. The third-order valence-corrected chi connectivity index (χ3v) is 3.76. The van der Waals surface area contributed by atoms with Crippen LogP contribution in [0.5, 0.6) is 5.75 Å². The van der Waals surface area contributed by atoms with Crippen molar-refractivity contribution in [1.82, 2.24) is 10.3 Å². The summed E-state index contributed by atoms with van der Waals surface area (Å²) >= 11 is 1.60. The SMILES string of the molecule is COc1ccsc1-c1cnc(CCCNC(C)(C)C)o1. The second-order valence-corrected chi connectivity index (χ2v) is 6.63. The van der Waals surface area contributed by atoms with E-state index in [1.54, 1.807) is 24.6 Å². The normalized spacial score (nSPS) is 11.8. The third-order valence-electron chi connectivity index (χ3n) is 2.85. The number of nitrogens with zero attached hydrogens (tertiary/aromatic N) is 1. The number of nitrogens with one attached hydrogen (secondary N) is 1. The summed E-state index contributed by atoms with van der Waals surface area (Å²) in [6.07, 6.45) is 3.64. The van der Waals surface area contributed by atoms with Gasteiger partial charge in [-0.25, -0.2) is 4.98 Å². The van der Waals surface area contributed by atoms with Crippen LogP contribution in [0.15, 0.2) is 22.1 Å². The van der Waals surface area contributed by atoms with Crippen molar-refractivity contribution < 1.29 is 9.15 Å². The molecule has 0 unspecified atom stereocenters. The Morgan fingerprint density at radius 3 is 2.90 bits per heavy atom. The molecule has 0 saturated carbocycles. The van der Waals surface area contributed by atoms with Gasteiger partial charge in [0.05, 0.1) is 13.3 Å². The van der Waals surface area contributed by atoms with E-state index >= 15 is 0 Å². The number of hydrogen-bond acceptors (Lipinski definition) is 5. The van der Waals surface area contributed by atoms with E-state index in [1.807, 2.05) is 11.4 Å². The van der Waals surface area contributed by atoms with Crippen LogP contribution in [0.4, 0.5) is 0 Å². The summed E-state index contributed by atoms with van der Waals surface area (Å²) in [4.78, 5) is 5.34. The van der Waals surface area contributed by atoms with Crippen LogP contribution in [0, 0.1) is 0 Å². The summed E-state index contributed by atoms with van der Waals surface area (Å²) < 4.78 is 11.1. The lowest BCUT2D eigenvalue weighted by atomic mass is 10.1. The predicted molar refractivity (Wildman–Crippen MR) is 82.4 cm³/mol. The molecule has 0 amide bonds. The quantitative estimate of drug-likeness (QED) is 0.825. The first-order chi connectivity index (χ1) is 9.49. The zero-order valence-corrected chi connectivity index (χ0v) is 13.3. The third kappa shape index (κ3) is 4.08. The minimum absolute atomic E-state index is 0.159. The van der Waals surface area contributed by atoms with Crippen LogP contribution in [0.2, 0.25) is 0 Å². The number of aryl methyl sites for hydroxylation is 1. The molecule has 0 spiro atoms. The molecule has 110 valence electrons. The number of aromatic nitrogens is 1. The van der Waals surface area contributed by atoms with E-state index in [4.69, 9.17) is 9.15 Å². The van der Waals surface area contributed by atoms with E-state index in [0.717, 1.165) is 41.7 Å². The maximum Gasteiger partial charge on any atom is 0.194 e. The zero-order chi connectivity index (χ0) is 14.6. The minimum atomic E-state index is 0.159. The van der Waals surface area contributed by atoms with Crippen molar-refractivity contribution in [2.24, 2.45) is 0 Å². The van der Waals surface area contributed by atoms with Crippen LogP contribution in [0.25, 0.3) is 10.6 Å². The van der Waals surface area contributed by atoms with Crippen molar-refractivity contribution in [3.05, 3.63) is 23.5 Å². The summed E-state index contributed by atoms with van der Waals surface area (Å²) in [6, 6.07) is 1.94. The van der Waals surface area contributed by atoms with Crippen molar-refractivity contribution in [3.8, 4) is 16.4 Å². The highest BCUT2D eigenvalue weighted by atomic mass is 32.1. The molecule has 2 aromatic rings. The lowest BCUT2D eigenvalue weighted by Gasteiger charge is -2.19. The van der Waals surface area contributed by atoms with E-state index in [2.05, 4.69) is 31.1 Å². The van der Waals surface area contributed by atoms with Crippen molar-refractivity contribution in [3.63, 3.8) is 0 Å². The highest BCUT2D eigenvalue weighted by Gasteiger charge is 2.13. The van der Waals surface area contributed by atoms with Gasteiger partial charge >= 0.3 is 0 Å². The Morgan fingerprint density at radius 2 is 2.20 bits per heavy atom. The first-order valence-corrected chi connectivity index (χ1v) is 7.69. The largest absolute Gasteiger partial charge is 0.495 e. The Morgan fingerprint density at radius 1 is 1.40 bits per heavy atom. The van der Waals surface area contributed by atoms with Gasteiger partial charge in [-0.2, -0.15) is 0 Å². The van der Waals surface area contributed by atoms with Crippen LogP contribution in [-0.2, 0) is 6.42 Å². The van der Waals surface area contributed by atoms with Gasteiger partial charge in [0, 0.05) is 12.0 Å². The van der Waals surface area contributed by atoms with Gasteiger partial charge in [-0.3, -0.25) is 0 Å². The highest BCUT2D eigenvalue weighted by molar-refractivity contribution is 7.13. The molecule has 0 saturated heterocycles. The molecule has 2 rings (SSSR count). The molecule has 0 radical (unpaired) electrons. The summed E-state index contributed by atoms with van der Waals surface area (Å²) in [7, 11) is 1.67. The monoisotopic (exact) mass is 294 g/mol. The van der Waals surface area contributed by atoms with Gasteiger partial charge < -0.3 is 14.5 Å². The molecule has 0 atom stereocenters. The van der Waals surface area contributed by atoms with E-state index in [1.165, 1.54) is 0 Å². The van der Waals surface area contributed by atoms with Gasteiger partial charge in [0.1, 0.15) is 10.6 Å². The second kappa shape index (κ2) is 6.41. The molecule has 2 heterocycles. The molecule has 5 heteroatoms. The number of hydrogen-bond donors (Lipinski definition) is 1. The predicted octanol–water partition coefficient (Wildman–Crippen LogP) is 3.73. The van der Waals surface area contributed by atoms with Gasteiger partial charge in [0.2, 0.25) is 0 Å². The molecule has 0 aliphatic rings. The van der Waals surface area contributed by atoms with Gasteiger partial charge in [-0.05, 0) is 45.2 Å². The molecule has 4 nitrogen and oxygen atoms in total. The van der Waals surface area contributed by atoms with E-state index < -0.39 is 0 Å². The summed E-state index contributed by atoms with van der Waals surface area (Å²) in [5, 5.41) is 5.45. The van der Waals surface area contributed by atoms with E-state index in [9.17, 15) is 0 Å². The second-order valence-electron chi connectivity index (χ2n) is 5.72. The maximum absolute atomic E-state index is 5.79. The van der Waals surface area contributed by atoms with Crippen molar-refractivity contribution in [1.29, 1.82) is 0 Å². The van der Waals surface area contributed by atoms with Gasteiger partial charge in [-0.15, -0.1) is 11.3 Å². The molecular weight excluding hydrogens is 272 g/mol. The molecule has 20 heavy (non-hydrogen) atoms. The summed E-state index contributed by atoms with van der Waals surface area (Å²) in [5.74, 6) is 2.41. The molecular formula is C15H22N2O2S. The van der Waals surface area contributed by atoms with Gasteiger partial charge in [0.15, 0.2) is 11.7 Å². The maximum atomic E-state index is 5.79. The van der Waals surface area contributed by atoms with Crippen LogP contribution >= 0.6 is 11.3 Å². The Hall–Kier alpha value is -1.33. The van der Waals surface area contributed by atoms with Crippen molar-refractivity contribution >= 4 is 11.3 Å². The molecule has 0 aromatic carbocycles. The number of thiophene rings is 1. The molecule has 0 aliphatic carbocycles. The lowest BCUT2D eigenvalue weighted by molar-refractivity contribution is 0.409. The summed E-state index contributed by atoms with van der Waals surface area (Å²) in [6.45, 7) is 7.46. The van der Waals surface area contributed by atoms with Crippen LogP contribution in [0.1, 0.15) is 33.1 Å². The smallest absolute Gasteiger partial charge is 0.194 e. The minimum Gasteiger partial charge on any atom is -0.495 e. The van der Waals surface area contributed by atoms with Crippen molar-refractivity contribution in [2.75, 3.05) is 13.7 Å². The number of oxazole rings is 1. The van der Waals surface area contributed by atoms with Crippen LogP contribution in [-0.4, -0.2) is 24.2 Å². The van der Waals surface area contributed by atoms with Crippen LogP contribution < -0.4 is 10.1 Å². The summed E-state index contributed by atoms with van der Waals surface area (Å²) in [5.41, 5.74) is 0.159. The van der Waals surface area contributed by atoms with Gasteiger partial charge in [-0.1, -0.05) is 0 Å².